The molecule has 0 aliphatic heterocycles. The van der Waals surface area contributed by atoms with E-state index in [2.05, 4.69) is 10.4 Å². The Labute approximate surface area is 141 Å². The van der Waals surface area contributed by atoms with Crippen LogP contribution in [0.25, 0.3) is 5.69 Å². The number of carbonyl (C=O) groups is 2. The Kier molecular flexibility index (Phi) is 6.54. The molecule has 6 nitrogen and oxygen atoms in total. The fourth-order valence-corrected chi connectivity index (χ4v) is 2.38. The zero-order chi connectivity index (χ0) is 17.4. The summed E-state index contributed by atoms with van der Waals surface area (Å²) in [4.78, 5) is 22.5. The van der Waals surface area contributed by atoms with Crippen LogP contribution in [0.5, 0.6) is 0 Å². The normalized spacial score (nSPS) is 10.5. The second-order valence-electron chi connectivity index (χ2n) is 5.76. The monoisotopic (exact) mass is 329 g/mol. The summed E-state index contributed by atoms with van der Waals surface area (Å²) < 4.78 is 1.77. The molecule has 0 fully saturated rings. The predicted molar refractivity (Wildman–Crippen MR) is 91.4 cm³/mol. The molecule has 0 saturated heterocycles. The van der Waals surface area contributed by atoms with Gasteiger partial charge in [-0.05, 0) is 50.1 Å². The number of nitrogens with one attached hydrogen (secondary N) is 1. The molecule has 0 aliphatic rings. The van der Waals surface area contributed by atoms with E-state index in [0.717, 1.165) is 30.6 Å². The zero-order valence-corrected chi connectivity index (χ0v) is 13.9. The largest absolute Gasteiger partial charge is 0.481 e. The molecule has 128 valence electrons. The van der Waals surface area contributed by atoms with Crippen LogP contribution in [0, 0.1) is 6.92 Å². The number of benzene rings is 1. The van der Waals surface area contributed by atoms with Crippen molar-refractivity contribution in [2.75, 3.05) is 6.54 Å². The van der Waals surface area contributed by atoms with Gasteiger partial charge in [0.25, 0.3) is 5.91 Å². The van der Waals surface area contributed by atoms with Crippen LogP contribution < -0.4 is 5.32 Å². The molecule has 1 aromatic carbocycles. The van der Waals surface area contributed by atoms with E-state index in [4.69, 9.17) is 5.11 Å². The third-order valence-corrected chi connectivity index (χ3v) is 3.72. The van der Waals surface area contributed by atoms with Crippen molar-refractivity contribution in [2.45, 2.75) is 39.0 Å². The fourth-order valence-electron chi connectivity index (χ4n) is 2.38. The maximum atomic E-state index is 12.1. The van der Waals surface area contributed by atoms with E-state index < -0.39 is 5.97 Å². The molecule has 1 heterocycles. The summed E-state index contributed by atoms with van der Waals surface area (Å²) in [6.07, 6.45) is 5.45. The van der Waals surface area contributed by atoms with Crippen LogP contribution in [0.2, 0.25) is 0 Å². The molecule has 0 saturated carbocycles. The zero-order valence-electron chi connectivity index (χ0n) is 13.9. The summed E-state index contributed by atoms with van der Waals surface area (Å²) in [5.74, 6) is -0.847. The summed E-state index contributed by atoms with van der Waals surface area (Å²) >= 11 is 0. The summed E-state index contributed by atoms with van der Waals surface area (Å²) in [5.41, 5.74) is 2.48. The number of carbonyl (C=O) groups excluding carboxylic acids is 1. The average molecular weight is 329 g/mol. The predicted octanol–water partition coefficient (Wildman–Crippen LogP) is 2.95. The van der Waals surface area contributed by atoms with Crippen LogP contribution in [-0.4, -0.2) is 33.3 Å². The van der Waals surface area contributed by atoms with E-state index in [1.807, 2.05) is 31.3 Å². The molecule has 0 aliphatic carbocycles. The van der Waals surface area contributed by atoms with Crippen molar-refractivity contribution in [1.29, 1.82) is 0 Å². The number of aliphatic carboxylic acids is 1. The molecule has 2 aromatic rings. The maximum Gasteiger partial charge on any atom is 0.303 e. The molecule has 2 rings (SSSR count). The molecule has 0 unspecified atom stereocenters. The molecule has 0 radical (unpaired) electrons. The molecule has 24 heavy (non-hydrogen) atoms. The Morgan fingerprint density at radius 2 is 1.79 bits per heavy atom. The first-order valence-corrected chi connectivity index (χ1v) is 8.19. The molecular formula is C18H23N3O3. The average Bonchev–Trinajstić information content (AvgIpc) is 3.00. The van der Waals surface area contributed by atoms with Crippen LogP contribution in [0.3, 0.4) is 0 Å². The number of nitrogens with zero attached hydrogens (tertiary/aromatic N) is 2. The topological polar surface area (TPSA) is 84.2 Å². The van der Waals surface area contributed by atoms with Crippen LogP contribution in [0.4, 0.5) is 0 Å². The van der Waals surface area contributed by atoms with E-state index in [0.29, 0.717) is 18.5 Å². The molecule has 0 atom stereocenters. The van der Waals surface area contributed by atoms with Crippen LogP contribution in [-0.2, 0) is 4.79 Å². The van der Waals surface area contributed by atoms with Crippen LogP contribution in [0.1, 0.15) is 48.2 Å². The van der Waals surface area contributed by atoms with Gasteiger partial charge < -0.3 is 10.4 Å². The van der Waals surface area contributed by atoms with Gasteiger partial charge in [-0.25, -0.2) is 4.68 Å². The number of unbranched alkanes of at least 4 members (excludes halogenated alkanes) is 3. The first-order chi connectivity index (χ1) is 11.6. The molecule has 2 N–H and O–H groups in total. The summed E-state index contributed by atoms with van der Waals surface area (Å²) in [5, 5.41) is 15.8. The van der Waals surface area contributed by atoms with E-state index in [9.17, 15) is 9.59 Å². The molecule has 0 bridgehead atoms. The van der Waals surface area contributed by atoms with Gasteiger partial charge in [0.1, 0.15) is 0 Å². The highest BCUT2D eigenvalue weighted by atomic mass is 16.4. The first kappa shape index (κ1) is 17.7. The Hall–Kier alpha value is -2.63. The highest BCUT2D eigenvalue weighted by molar-refractivity contribution is 5.94. The molecule has 6 heteroatoms. The Bertz CT molecular complexity index is 677. The van der Waals surface area contributed by atoms with E-state index in [-0.39, 0.29) is 12.3 Å². The van der Waals surface area contributed by atoms with Crippen molar-refractivity contribution >= 4 is 11.9 Å². The van der Waals surface area contributed by atoms with Crippen molar-refractivity contribution in [1.82, 2.24) is 15.1 Å². The quantitative estimate of drug-likeness (QED) is 0.693. The van der Waals surface area contributed by atoms with Crippen molar-refractivity contribution in [2.24, 2.45) is 0 Å². The van der Waals surface area contributed by atoms with Gasteiger partial charge in [-0.2, -0.15) is 5.10 Å². The van der Waals surface area contributed by atoms with Gasteiger partial charge in [0.05, 0.1) is 11.4 Å². The molecule has 0 spiro atoms. The second-order valence-corrected chi connectivity index (χ2v) is 5.76. The summed E-state index contributed by atoms with van der Waals surface area (Å²) in [6.45, 7) is 2.53. The van der Waals surface area contributed by atoms with Crippen molar-refractivity contribution < 1.29 is 14.7 Å². The Morgan fingerprint density at radius 3 is 2.42 bits per heavy atom. The van der Waals surface area contributed by atoms with Crippen molar-refractivity contribution in [3.8, 4) is 5.69 Å². The lowest BCUT2D eigenvalue weighted by atomic mass is 10.1. The minimum absolute atomic E-state index is 0.0938. The third kappa shape index (κ3) is 5.53. The van der Waals surface area contributed by atoms with Gasteiger partial charge >= 0.3 is 5.97 Å². The standard InChI is InChI=1S/C18H23N3O3/c1-14-11-13-21(20-14)16-9-7-15(8-10-16)18(24)19-12-5-3-2-4-6-17(22)23/h7-11,13H,2-6,12H2,1H3,(H,19,24)(H,22,23). The third-order valence-electron chi connectivity index (χ3n) is 3.72. The lowest BCUT2D eigenvalue weighted by Crippen LogP contribution is -2.24. The number of aryl methyl sites for hydroxylation is 1. The van der Waals surface area contributed by atoms with E-state index >= 15 is 0 Å². The number of amides is 1. The van der Waals surface area contributed by atoms with Crippen LogP contribution in [0.15, 0.2) is 36.5 Å². The Morgan fingerprint density at radius 1 is 1.08 bits per heavy atom. The lowest BCUT2D eigenvalue weighted by Gasteiger charge is -2.06. The smallest absolute Gasteiger partial charge is 0.303 e. The fraction of sp³-hybridized carbons (Fsp3) is 0.389. The van der Waals surface area contributed by atoms with Gasteiger partial charge in [0.15, 0.2) is 0 Å². The second kappa shape index (κ2) is 8.86. The lowest BCUT2D eigenvalue weighted by molar-refractivity contribution is -0.137. The SMILES string of the molecule is Cc1ccn(-c2ccc(C(=O)NCCCCCCC(=O)O)cc2)n1. The maximum absolute atomic E-state index is 12.1. The number of hydrogen-bond donors (Lipinski definition) is 2. The minimum atomic E-state index is -0.753. The number of carboxylic acids is 1. The van der Waals surface area contributed by atoms with Gasteiger partial charge in [-0.15, -0.1) is 0 Å². The highest BCUT2D eigenvalue weighted by Crippen LogP contribution is 2.10. The number of carboxylic acid groups (broad SMARTS) is 1. The van der Waals surface area contributed by atoms with Gasteiger partial charge in [-0.1, -0.05) is 12.8 Å². The number of hydrogen-bond acceptors (Lipinski definition) is 3. The molecule has 1 aromatic heterocycles. The summed E-state index contributed by atoms with van der Waals surface area (Å²) in [7, 11) is 0. The molecular weight excluding hydrogens is 306 g/mol. The molecule has 1 amide bonds. The summed E-state index contributed by atoms with van der Waals surface area (Å²) in [6, 6.07) is 9.24. The van der Waals surface area contributed by atoms with Gasteiger partial charge in [0, 0.05) is 24.7 Å². The van der Waals surface area contributed by atoms with Crippen molar-refractivity contribution in [3.63, 3.8) is 0 Å². The first-order valence-electron chi connectivity index (χ1n) is 8.19. The van der Waals surface area contributed by atoms with Gasteiger partial charge in [-0.3, -0.25) is 9.59 Å². The van der Waals surface area contributed by atoms with E-state index in [1.54, 1.807) is 16.8 Å². The Balaban J connectivity index is 1.72. The highest BCUT2D eigenvalue weighted by Gasteiger charge is 2.06. The number of aromatic nitrogens is 2. The van der Waals surface area contributed by atoms with Crippen molar-refractivity contribution in [3.05, 3.63) is 47.8 Å². The van der Waals surface area contributed by atoms with Gasteiger partial charge in [0.2, 0.25) is 0 Å². The van der Waals surface area contributed by atoms with E-state index in [1.165, 1.54) is 0 Å². The minimum Gasteiger partial charge on any atom is -0.481 e. The van der Waals surface area contributed by atoms with Crippen LogP contribution >= 0.6 is 0 Å². The number of rotatable bonds is 9.